The van der Waals surface area contributed by atoms with Gasteiger partial charge in [0.25, 0.3) is 0 Å². The van der Waals surface area contributed by atoms with E-state index < -0.39 is 36.1 Å². The molecule has 0 aromatic heterocycles. The summed E-state index contributed by atoms with van der Waals surface area (Å²) in [6, 6.07) is 13.1. The van der Waals surface area contributed by atoms with Crippen molar-refractivity contribution >= 4 is 40.9 Å². The van der Waals surface area contributed by atoms with Gasteiger partial charge in [0.2, 0.25) is 5.91 Å². The summed E-state index contributed by atoms with van der Waals surface area (Å²) in [5, 5.41) is 83.7. The van der Waals surface area contributed by atoms with Crippen LogP contribution in [0.3, 0.4) is 0 Å². The van der Waals surface area contributed by atoms with E-state index in [1.165, 1.54) is 30.3 Å². The van der Waals surface area contributed by atoms with Gasteiger partial charge >= 0.3 is 11.9 Å². The maximum Gasteiger partial charge on any atom is 0.336 e. The monoisotopic (exact) mass is 927 g/mol. The molecule has 0 bridgehead atoms. The average Bonchev–Trinajstić information content (AvgIpc) is 3.63. The normalized spacial score (nSPS) is 30.8. The molecule has 1 heterocycles. The van der Waals surface area contributed by atoms with Crippen molar-refractivity contribution in [2.24, 2.45) is 46.3 Å². The Balaban J connectivity index is 0.805. The highest BCUT2D eigenvalue weighted by Crippen LogP contribution is 2.68. The largest absolute Gasteiger partial charge is 0.508 e. The minimum absolute atomic E-state index is 0.00377. The molecule has 10 N–H and O–H groups in total. The number of aliphatic hydroxyl groups excluding tert-OH is 3. The van der Waals surface area contributed by atoms with Crippen molar-refractivity contribution in [1.82, 2.24) is 10.6 Å². The zero-order chi connectivity index (χ0) is 47.2. The molecule has 4 fully saturated rings. The number of benzene rings is 3. The summed E-state index contributed by atoms with van der Waals surface area (Å²) in [5.41, 5.74) is 1.82. The number of carbonyl (C=O) groups excluding carboxylic acids is 1. The summed E-state index contributed by atoms with van der Waals surface area (Å²) in [6.45, 7) is 7.05. The number of phenolic OH excluding ortho intramolecular Hbond substituents is 2. The van der Waals surface area contributed by atoms with E-state index >= 15 is 0 Å². The van der Waals surface area contributed by atoms with E-state index in [1.54, 1.807) is 24.3 Å². The van der Waals surface area contributed by atoms with E-state index in [0.29, 0.717) is 72.5 Å². The molecule has 5 aliphatic rings. The van der Waals surface area contributed by atoms with Crippen LogP contribution in [-0.4, -0.2) is 89.6 Å². The predicted octanol–water partition coefficient (Wildman–Crippen LogP) is 7.49. The Labute approximate surface area is 391 Å². The maximum atomic E-state index is 13.2. The second-order valence-electron chi connectivity index (χ2n) is 20.5. The summed E-state index contributed by atoms with van der Waals surface area (Å²) in [5.74, 6) is -1.50. The van der Waals surface area contributed by atoms with Gasteiger partial charge in [-0.3, -0.25) is 4.79 Å². The maximum absolute atomic E-state index is 13.2. The number of phenols is 2. The fourth-order valence-electron chi connectivity index (χ4n) is 13.5. The lowest BCUT2D eigenvalue weighted by Gasteiger charge is -2.63. The molecule has 0 spiro atoms. The van der Waals surface area contributed by atoms with Crippen LogP contribution in [0.2, 0.25) is 0 Å². The number of hydrogen-bond acceptors (Lipinski definition) is 10. The lowest BCUT2D eigenvalue weighted by Crippen LogP contribution is -2.62. The van der Waals surface area contributed by atoms with Gasteiger partial charge in [-0.05, 0) is 159 Å². The fourth-order valence-corrected chi connectivity index (χ4v) is 13.7. The molecule has 0 saturated heterocycles. The van der Waals surface area contributed by atoms with Crippen molar-refractivity contribution in [1.29, 1.82) is 0 Å². The number of aliphatic hydroxyl groups is 3. The Bertz CT molecular complexity index is 2290. The number of nitrogens with one attached hydrogen (secondary N) is 3. The third kappa shape index (κ3) is 9.07. The number of amides is 1. The third-order valence-electron chi connectivity index (χ3n) is 16.9. The number of hydrogen-bond donors (Lipinski definition) is 10. The molecule has 15 heteroatoms. The van der Waals surface area contributed by atoms with Gasteiger partial charge in [0.05, 0.1) is 23.9 Å². The molecule has 0 radical (unpaired) electrons. The van der Waals surface area contributed by atoms with Gasteiger partial charge in [-0.2, -0.15) is 0 Å². The lowest BCUT2D eigenvalue weighted by molar-refractivity contribution is -0.207. The second kappa shape index (κ2) is 19.0. The molecular formula is C51H65N3O11S. The van der Waals surface area contributed by atoms with Crippen LogP contribution in [0, 0.1) is 46.3 Å². The predicted molar refractivity (Wildman–Crippen MR) is 251 cm³/mol. The summed E-state index contributed by atoms with van der Waals surface area (Å²) in [7, 11) is 0. The standard InChI is InChI=1S/C51H65N3O11S/c1-26(36-14-15-37-46-38(25-43(59)51(36,37)3)50(2)18-17-31(57)20-27(50)21-40(46)58)7-16-44(60)54-39(48(63)64)6-4-5-19-52-49(66)53-28-8-11-32(35(22-28)47(61)62)45-33-12-9-29(55)23-41(33)65-42-24-30(56)10-13-34(42)45/h8-13,22-24,26-27,31,36-40,43,45-46,55-59H,4-7,14-21,25H2,1-3H3,(H,54,60)(H,61,62)(H,63,64)(H2,52,53,66). The number of carbonyl (C=O) groups is 3. The molecule has 3 aromatic rings. The molecule has 3 aromatic carbocycles. The van der Waals surface area contributed by atoms with Gasteiger partial charge in [0.15, 0.2) is 5.11 Å². The first kappa shape index (κ1) is 47.5. The number of rotatable bonds is 14. The van der Waals surface area contributed by atoms with Crippen LogP contribution in [0.1, 0.15) is 131 Å². The minimum atomic E-state index is -1.16. The SMILES string of the molecule is CC(CCC(=O)NC(CCCCNC(=S)Nc1ccc(C2c3ccc(O)cc3Oc3cc(O)ccc32)c(C(=O)O)c1)C(=O)O)C1CCC2C3C(O)CC4CC(O)CCC4(C)C3CC(O)C12C. The zero-order valence-corrected chi connectivity index (χ0v) is 38.7. The van der Waals surface area contributed by atoms with Crippen LogP contribution in [0.25, 0.3) is 0 Å². The molecule has 14 nitrogen and oxygen atoms in total. The van der Waals surface area contributed by atoms with E-state index in [9.17, 15) is 50.1 Å². The molecule has 4 saturated carbocycles. The average molecular weight is 928 g/mol. The van der Waals surface area contributed by atoms with Crippen molar-refractivity contribution in [2.75, 3.05) is 11.9 Å². The van der Waals surface area contributed by atoms with Gasteiger partial charge in [-0.15, -0.1) is 0 Å². The van der Waals surface area contributed by atoms with E-state index in [4.69, 9.17) is 17.0 Å². The van der Waals surface area contributed by atoms with Gasteiger partial charge < -0.3 is 56.4 Å². The topological polar surface area (TPSA) is 238 Å². The number of thiocarbonyl (C=S) groups is 1. The third-order valence-corrected chi connectivity index (χ3v) is 17.1. The van der Waals surface area contributed by atoms with Crippen LogP contribution in [0.4, 0.5) is 5.69 Å². The number of aromatic hydroxyl groups is 2. The summed E-state index contributed by atoms with van der Waals surface area (Å²) in [4.78, 5) is 38.1. The van der Waals surface area contributed by atoms with Crippen molar-refractivity contribution in [2.45, 2.75) is 128 Å². The first-order chi connectivity index (χ1) is 31.4. The Morgan fingerprint density at radius 3 is 2.18 bits per heavy atom. The molecule has 356 valence electrons. The Hall–Kier alpha value is -4.96. The molecule has 1 aliphatic heterocycles. The number of fused-ring (bicyclic) bond motifs is 7. The van der Waals surface area contributed by atoms with E-state index in [-0.39, 0.29) is 93.4 Å². The van der Waals surface area contributed by atoms with Crippen LogP contribution < -0.4 is 20.7 Å². The molecule has 66 heavy (non-hydrogen) atoms. The van der Waals surface area contributed by atoms with Gasteiger partial charge in [0.1, 0.15) is 29.0 Å². The minimum Gasteiger partial charge on any atom is -0.508 e. The Morgan fingerprint density at radius 1 is 0.833 bits per heavy atom. The summed E-state index contributed by atoms with van der Waals surface area (Å²) >= 11 is 5.51. The quantitative estimate of drug-likeness (QED) is 0.0436. The summed E-state index contributed by atoms with van der Waals surface area (Å²) < 4.78 is 5.97. The molecule has 12 atom stereocenters. The number of anilines is 1. The van der Waals surface area contributed by atoms with Crippen molar-refractivity contribution < 1.29 is 54.9 Å². The van der Waals surface area contributed by atoms with Crippen LogP contribution >= 0.6 is 12.2 Å². The first-order valence-corrected chi connectivity index (χ1v) is 24.1. The van der Waals surface area contributed by atoms with Crippen molar-refractivity contribution in [3.8, 4) is 23.0 Å². The van der Waals surface area contributed by atoms with Crippen molar-refractivity contribution in [3.63, 3.8) is 0 Å². The van der Waals surface area contributed by atoms with Crippen LogP contribution in [0.15, 0.2) is 54.6 Å². The smallest absolute Gasteiger partial charge is 0.336 e. The van der Waals surface area contributed by atoms with Crippen LogP contribution in [0.5, 0.6) is 23.0 Å². The number of carboxylic acid groups (broad SMARTS) is 2. The molecule has 4 aliphatic carbocycles. The molecule has 12 unspecified atom stereocenters. The van der Waals surface area contributed by atoms with E-state index in [0.717, 1.165) is 32.1 Å². The van der Waals surface area contributed by atoms with Gasteiger partial charge in [-0.1, -0.05) is 39.0 Å². The highest BCUT2D eigenvalue weighted by atomic mass is 32.1. The highest BCUT2D eigenvalue weighted by molar-refractivity contribution is 7.80. The number of aromatic carboxylic acids is 1. The molecule has 1 amide bonds. The lowest BCUT2D eigenvalue weighted by atomic mass is 9.43. The number of unbranched alkanes of at least 4 members (excludes halogenated alkanes) is 1. The number of ether oxygens (including phenoxy) is 1. The zero-order valence-electron chi connectivity index (χ0n) is 37.9. The van der Waals surface area contributed by atoms with Crippen molar-refractivity contribution in [3.05, 3.63) is 76.9 Å². The first-order valence-electron chi connectivity index (χ1n) is 23.7. The second-order valence-corrected chi connectivity index (χ2v) is 20.9. The summed E-state index contributed by atoms with van der Waals surface area (Å²) in [6.07, 6.45) is 6.28. The van der Waals surface area contributed by atoms with E-state index in [2.05, 4.69) is 36.7 Å². The molecular weight excluding hydrogens is 863 g/mol. The molecule has 8 rings (SSSR count). The number of aliphatic carboxylic acids is 1. The Morgan fingerprint density at radius 2 is 1.52 bits per heavy atom. The van der Waals surface area contributed by atoms with Gasteiger partial charge in [0, 0.05) is 47.8 Å². The van der Waals surface area contributed by atoms with Crippen LogP contribution in [-0.2, 0) is 9.59 Å². The Kier molecular flexibility index (Phi) is 13.7. The van der Waals surface area contributed by atoms with E-state index in [1.807, 2.05) is 0 Å². The highest BCUT2D eigenvalue weighted by Gasteiger charge is 2.65. The van der Waals surface area contributed by atoms with Gasteiger partial charge in [-0.25, -0.2) is 9.59 Å². The number of carboxylic acids is 2. The fraction of sp³-hybridized carbons (Fsp3) is 0.569.